The Hall–Kier alpha value is -1.77. The summed E-state index contributed by atoms with van der Waals surface area (Å²) in [6.07, 6.45) is -4.81. The molecule has 1 aromatic heterocycles. The molecule has 1 aromatic carbocycles. The number of sulfone groups is 1. The SMILES string of the molecule is Nc1ccc2nc(S(=O)(=O)CC(F)(F)F)[nH]c2c1. The van der Waals surface area contributed by atoms with Crippen LogP contribution in [-0.4, -0.2) is 30.3 Å². The standard InChI is InChI=1S/C9H8F3N3O2S/c10-9(11,12)4-18(16,17)8-14-6-2-1-5(13)3-7(6)15-8/h1-3H,4,13H2,(H,14,15). The van der Waals surface area contributed by atoms with Crippen molar-refractivity contribution in [2.45, 2.75) is 11.3 Å². The Bertz CT molecular complexity index is 691. The van der Waals surface area contributed by atoms with Crippen LogP contribution in [0.1, 0.15) is 0 Å². The Morgan fingerprint density at radius 1 is 1.33 bits per heavy atom. The van der Waals surface area contributed by atoms with Crippen molar-refractivity contribution < 1.29 is 21.6 Å². The monoisotopic (exact) mass is 279 g/mol. The highest BCUT2D eigenvalue weighted by Gasteiger charge is 2.37. The van der Waals surface area contributed by atoms with Crippen molar-refractivity contribution in [2.24, 2.45) is 0 Å². The minimum atomic E-state index is -4.81. The number of nitrogens with two attached hydrogens (primary N) is 1. The molecule has 0 atom stereocenters. The van der Waals surface area contributed by atoms with Gasteiger partial charge in [-0.15, -0.1) is 0 Å². The normalized spacial score (nSPS) is 13.1. The lowest BCUT2D eigenvalue weighted by atomic mass is 10.3. The van der Waals surface area contributed by atoms with Gasteiger partial charge in [0.1, 0.15) is 0 Å². The Morgan fingerprint density at radius 2 is 2.00 bits per heavy atom. The van der Waals surface area contributed by atoms with Gasteiger partial charge in [0, 0.05) is 5.69 Å². The van der Waals surface area contributed by atoms with Gasteiger partial charge in [-0.25, -0.2) is 13.4 Å². The summed E-state index contributed by atoms with van der Waals surface area (Å²) in [5.74, 6) is -1.95. The molecular formula is C9H8F3N3O2S. The van der Waals surface area contributed by atoms with Gasteiger partial charge in [0.05, 0.1) is 11.0 Å². The van der Waals surface area contributed by atoms with Crippen molar-refractivity contribution in [3.8, 4) is 0 Å². The molecule has 98 valence electrons. The highest BCUT2D eigenvalue weighted by atomic mass is 32.2. The first-order valence-electron chi connectivity index (χ1n) is 4.72. The Balaban J connectivity index is 2.48. The molecule has 3 N–H and O–H groups in total. The molecule has 0 spiro atoms. The molecular weight excluding hydrogens is 271 g/mol. The van der Waals surface area contributed by atoms with Gasteiger partial charge in [-0.1, -0.05) is 0 Å². The van der Waals surface area contributed by atoms with Crippen molar-refractivity contribution >= 4 is 26.6 Å². The average Bonchev–Trinajstić information content (AvgIpc) is 2.57. The number of nitrogen functional groups attached to an aromatic ring is 1. The molecule has 0 radical (unpaired) electrons. The molecule has 2 rings (SSSR count). The van der Waals surface area contributed by atoms with Crippen molar-refractivity contribution in [2.75, 3.05) is 11.5 Å². The smallest absolute Gasteiger partial charge is 0.399 e. The van der Waals surface area contributed by atoms with E-state index in [0.29, 0.717) is 5.69 Å². The Morgan fingerprint density at radius 3 is 2.61 bits per heavy atom. The van der Waals surface area contributed by atoms with Crippen molar-refractivity contribution in [1.82, 2.24) is 9.97 Å². The van der Waals surface area contributed by atoms with E-state index in [-0.39, 0.29) is 11.0 Å². The fourth-order valence-corrected chi connectivity index (χ4v) is 2.51. The predicted molar refractivity (Wildman–Crippen MR) is 58.6 cm³/mol. The van der Waals surface area contributed by atoms with Crippen LogP contribution in [0.3, 0.4) is 0 Å². The number of H-pyrrole nitrogens is 1. The molecule has 0 aliphatic heterocycles. The average molecular weight is 279 g/mol. The number of alkyl halides is 3. The van der Waals surface area contributed by atoms with Gasteiger partial charge in [0.15, 0.2) is 5.75 Å². The number of aromatic amines is 1. The second-order valence-corrected chi connectivity index (χ2v) is 5.60. The molecule has 1 heterocycles. The van der Waals surface area contributed by atoms with Gasteiger partial charge < -0.3 is 10.7 Å². The number of imidazole rings is 1. The van der Waals surface area contributed by atoms with E-state index < -0.39 is 26.9 Å². The lowest BCUT2D eigenvalue weighted by Crippen LogP contribution is -2.23. The molecule has 5 nitrogen and oxygen atoms in total. The van der Waals surface area contributed by atoms with Gasteiger partial charge >= 0.3 is 6.18 Å². The summed E-state index contributed by atoms with van der Waals surface area (Å²) in [6.45, 7) is 0. The van der Waals surface area contributed by atoms with Crippen molar-refractivity contribution in [3.05, 3.63) is 18.2 Å². The number of fused-ring (bicyclic) bond motifs is 1. The van der Waals surface area contributed by atoms with Gasteiger partial charge in [0.2, 0.25) is 15.0 Å². The van der Waals surface area contributed by atoms with Crippen LogP contribution in [0, 0.1) is 0 Å². The molecule has 0 amide bonds. The number of aromatic nitrogens is 2. The van der Waals surface area contributed by atoms with Gasteiger partial charge in [-0.3, -0.25) is 0 Å². The number of hydrogen-bond donors (Lipinski definition) is 2. The first-order valence-corrected chi connectivity index (χ1v) is 6.37. The third-order valence-electron chi connectivity index (χ3n) is 2.13. The van der Waals surface area contributed by atoms with E-state index in [1.165, 1.54) is 18.2 Å². The second kappa shape index (κ2) is 3.87. The zero-order chi connectivity index (χ0) is 13.6. The van der Waals surface area contributed by atoms with E-state index >= 15 is 0 Å². The van der Waals surface area contributed by atoms with Crippen molar-refractivity contribution in [3.63, 3.8) is 0 Å². The molecule has 0 fully saturated rings. The number of nitrogens with one attached hydrogen (secondary N) is 1. The van der Waals surface area contributed by atoms with Crippen LogP contribution in [0.4, 0.5) is 18.9 Å². The number of halogens is 3. The molecule has 9 heteroatoms. The summed E-state index contributed by atoms with van der Waals surface area (Å²) in [7, 11) is -4.53. The lowest BCUT2D eigenvalue weighted by Gasteiger charge is -2.04. The number of nitrogens with zero attached hydrogens (tertiary/aromatic N) is 1. The summed E-state index contributed by atoms with van der Waals surface area (Å²) in [6, 6.07) is 4.30. The quantitative estimate of drug-likeness (QED) is 0.815. The van der Waals surface area contributed by atoms with E-state index in [1.54, 1.807) is 0 Å². The minimum Gasteiger partial charge on any atom is -0.399 e. The number of rotatable bonds is 2. The maximum Gasteiger partial charge on any atom is 0.403 e. The van der Waals surface area contributed by atoms with Gasteiger partial charge in [-0.2, -0.15) is 13.2 Å². The fourth-order valence-electron chi connectivity index (χ4n) is 1.43. The Labute approximate surface area is 99.7 Å². The van der Waals surface area contributed by atoms with E-state index in [9.17, 15) is 21.6 Å². The fraction of sp³-hybridized carbons (Fsp3) is 0.222. The molecule has 0 aliphatic carbocycles. The predicted octanol–water partition coefficient (Wildman–Crippen LogP) is 1.48. The van der Waals surface area contributed by atoms with Crippen LogP contribution < -0.4 is 5.73 Å². The molecule has 0 unspecified atom stereocenters. The first kappa shape index (κ1) is 12.7. The maximum absolute atomic E-state index is 12.1. The zero-order valence-corrected chi connectivity index (χ0v) is 9.64. The van der Waals surface area contributed by atoms with E-state index in [0.717, 1.165) is 0 Å². The molecule has 0 saturated carbocycles. The highest BCUT2D eigenvalue weighted by Crippen LogP contribution is 2.23. The van der Waals surface area contributed by atoms with Crippen LogP contribution in [0.2, 0.25) is 0 Å². The van der Waals surface area contributed by atoms with Crippen molar-refractivity contribution in [1.29, 1.82) is 0 Å². The summed E-state index contributed by atoms with van der Waals surface area (Å²) in [5, 5.41) is -0.708. The molecule has 18 heavy (non-hydrogen) atoms. The summed E-state index contributed by atoms with van der Waals surface area (Å²) < 4.78 is 59.3. The van der Waals surface area contributed by atoms with E-state index in [1.807, 2.05) is 0 Å². The number of hydrogen-bond acceptors (Lipinski definition) is 4. The number of benzene rings is 1. The summed E-state index contributed by atoms with van der Waals surface area (Å²) in [5.41, 5.74) is 6.33. The van der Waals surface area contributed by atoms with Crippen LogP contribution in [0.25, 0.3) is 11.0 Å². The third-order valence-corrected chi connectivity index (χ3v) is 3.62. The van der Waals surface area contributed by atoms with Gasteiger partial charge in [0.25, 0.3) is 0 Å². The van der Waals surface area contributed by atoms with E-state index in [4.69, 9.17) is 5.73 Å². The Kier molecular flexibility index (Phi) is 2.73. The first-order chi connectivity index (χ1) is 8.17. The third kappa shape index (κ3) is 2.55. The maximum atomic E-state index is 12.1. The van der Waals surface area contributed by atoms with Gasteiger partial charge in [-0.05, 0) is 18.2 Å². The van der Waals surface area contributed by atoms with E-state index in [2.05, 4.69) is 9.97 Å². The molecule has 0 aliphatic rings. The molecule has 0 saturated heterocycles. The summed E-state index contributed by atoms with van der Waals surface area (Å²) in [4.78, 5) is 5.93. The largest absolute Gasteiger partial charge is 0.403 e. The zero-order valence-electron chi connectivity index (χ0n) is 8.82. The van der Waals surface area contributed by atoms with Crippen LogP contribution in [-0.2, 0) is 9.84 Å². The van der Waals surface area contributed by atoms with Crippen LogP contribution >= 0.6 is 0 Å². The highest BCUT2D eigenvalue weighted by molar-refractivity contribution is 7.91. The van der Waals surface area contributed by atoms with Crippen LogP contribution in [0.5, 0.6) is 0 Å². The number of anilines is 1. The topological polar surface area (TPSA) is 88.8 Å². The lowest BCUT2D eigenvalue weighted by molar-refractivity contribution is -0.106. The molecule has 2 aromatic rings. The minimum absolute atomic E-state index is 0.241. The summed E-state index contributed by atoms with van der Waals surface area (Å²) >= 11 is 0. The van der Waals surface area contributed by atoms with Crippen LogP contribution in [0.15, 0.2) is 23.4 Å². The second-order valence-electron chi connectivity index (χ2n) is 3.69. The molecule has 0 bridgehead atoms.